The molecule has 7 heteroatoms. The van der Waals surface area contributed by atoms with E-state index in [0.29, 0.717) is 23.4 Å². The Kier molecular flexibility index (Phi) is 4.53. The van der Waals surface area contributed by atoms with E-state index >= 15 is 0 Å². The summed E-state index contributed by atoms with van der Waals surface area (Å²) >= 11 is 0. The fourth-order valence-corrected chi connectivity index (χ4v) is 4.38. The molecule has 0 saturated heterocycles. The zero-order chi connectivity index (χ0) is 18.2. The molecule has 1 heterocycles. The van der Waals surface area contributed by atoms with Gasteiger partial charge in [0.25, 0.3) is 15.9 Å². The molecule has 0 saturated carbocycles. The Labute approximate surface area is 147 Å². The molecule has 0 bridgehead atoms. The molecule has 1 N–H and O–H groups in total. The van der Waals surface area contributed by atoms with Crippen molar-refractivity contribution in [2.75, 3.05) is 25.1 Å². The smallest absolute Gasteiger partial charge is 0.264 e. The third-order valence-corrected chi connectivity index (χ3v) is 6.04. The van der Waals surface area contributed by atoms with Gasteiger partial charge < -0.3 is 10.1 Å². The lowest BCUT2D eigenvalue weighted by molar-refractivity contribution is 0.0905. The lowest BCUT2D eigenvalue weighted by Gasteiger charge is -2.29. The number of benzene rings is 2. The lowest BCUT2D eigenvalue weighted by Crippen LogP contribution is -2.36. The van der Waals surface area contributed by atoms with Crippen molar-refractivity contribution >= 4 is 21.6 Å². The first kappa shape index (κ1) is 17.4. The molecule has 3 rings (SSSR count). The zero-order valence-electron chi connectivity index (χ0n) is 14.3. The van der Waals surface area contributed by atoms with Crippen LogP contribution in [-0.2, 0) is 14.8 Å². The van der Waals surface area contributed by atoms with Gasteiger partial charge in [0, 0.05) is 36.9 Å². The predicted molar refractivity (Wildman–Crippen MR) is 96.3 cm³/mol. The number of sulfonamides is 1. The maximum atomic E-state index is 12.6. The van der Waals surface area contributed by atoms with Crippen molar-refractivity contribution in [3.05, 3.63) is 48.0 Å². The minimum atomic E-state index is -3.58. The molecule has 0 aromatic heterocycles. The highest BCUT2D eigenvalue weighted by Crippen LogP contribution is 2.42. The second-order valence-corrected chi connectivity index (χ2v) is 7.97. The van der Waals surface area contributed by atoms with E-state index < -0.39 is 10.0 Å². The van der Waals surface area contributed by atoms with E-state index in [2.05, 4.69) is 5.32 Å². The van der Waals surface area contributed by atoms with Gasteiger partial charge in [-0.15, -0.1) is 0 Å². The monoisotopic (exact) mass is 360 g/mol. The number of hydrogen-bond acceptors (Lipinski definition) is 4. The highest BCUT2D eigenvalue weighted by molar-refractivity contribution is 7.93. The van der Waals surface area contributed by atoms with Gasteiger partial charge in [-0.05, 0) is 31.2 Å². The lowest BCUT2D eigenvalue weighted by atomic mass is 10.00. The van der Waals surface area contributed by atoms with Gasteiger partial charge in [0.05, 0.1) is 17.2 Å². The molecule has 0 aliphatic carbocycles. The van der Waals surface area contributed by atoms with Crippen LogP contribution in [0.5, 0.6) is 0 Å². The van der Waals surface area contributed by atoms with Crippen molar-refractivity contribution in [1.29, 1.82) is 0 Å². The molecule has 1 atom stereocenters. The van der Waals surface area contributed by atoms with Crippen molar-refractivity contribution in [2.24, 2.45) is 0 Å². The van der Waals surface area contributed by atoms with Gasteiger partial charge in [-0.2, -0.15) is 0 Å². The summed E-state index contributed by atoms with van der Waals surface area (Å²) in [6, 6.07) is 11.7. The summed E-state index contributed by atoms with van der Waals surface area (Å²) in [7, 11) is -0.481. The number of methoxy groups -OCH3 is 1. The third kappa shape index (κ3) is 3.01. The van der Waals surface area contributed by atoms with Crippen LogP contribution >= 0.6 is 0 Å². The average molecular weight is 360 g/mol. The van der Waals surface area contributed by atoms with Crippen LogP contribution in [0.1, 0.15) is 17.3 Å². The number of nitrogens with one attached hydrogen (secondary N) is 1. The van der Waals surface area contributed by atoms with Crippen LogP contribution in [0, 0.1) is 0 Å². The van der Waals surface area contributed by atoms with Gasteiger partial charge in [0.1, 0.15) is 0 Å². The minimum Gasteiger partial charge on any atom is -0.383 e. The summed E-state index contributed by atoms with van der Waals surface area (Å²) in [4.78, 5) is 12.7. The summed E-state index contributed by atoms with van der Waals surface area (Å²) in [5.74, 6) is -0.221. The van der Waals surface area contributed by atoms with E-state index in [4.69, 9.17) is 4.74 Å². The Morgan fingerprint density at radius 3 is 2.64 bits per heavy atom. The summed E-state index contributed by atoms with van der Waals surface area (Å²) in [6.45, 7) is 2.27. The van der Waals surface area contributed by atoms with E-state index in [1.165, 1.54) is 11.4 Å². The van der Waals surface area contributed by atoms with Crippen LogP contribution in [0.25, 0.3) is 11.1 Å². The summed E-state index contributed by atoms with van der Waals surface area (Å²) in [5, 5.41) is 2.86. The maximum absolute atomic E-state index is 12.6. The van der Waals surface area contributed by atoms with Gasteiger partial charge >= 0.3 is 0 Å². The Morgan fingerprint density at radius 2 is 1.92 bits per heavy atom. The average Bonchev–Trinajstić information content (AvgIpc) is 2.59. The van der Waals surface area contributed by atoms with Crippen molar-refractivity contribution in [3.63, 3.8) is 0 Å². The molecule has 0 spiro atoms. The summed E-state index contributed by atoms with van der Waals surface area (Å²) < 4.78 is 31.5. The molecule has 1 aliphatic heterocycles. The van der Waals surface area contributed by atoms with Crippen LogP contribution in [0.15, 0.2) is 47.4 Å². The number of amides is 1. The Hall–Kier alpha value is -2.38. The fraction of sp³-hybridized carbons (Fsp3) is 0.278. The molecule has 0 radical (unpaired) electrons. The Morgan fingerprint density at radius 1 is 1.20 bits per heavy atom. The number of rotatable bonds is 4. The fourth-order valence-electron chi connectivity index (χ4n) is 2.96. The maximum Gasteiger partial charge on any atom is 0.264 e. The number of hydrogen-bond donors (Lipinski definition) is 1. The quantitative estimate of drug-likeness (QED) is 0.907. The van der Waals surface area contributed by atoms with Crippen LogP contribution in [0.2, 0.25) is 0 Å². The Bertz CT molecular complexity index is 924. The van der Waals surface area contributed by atoms with Crippen molar-refractivity contribution in [2.45, 2.75) is 17.9 Å². The highest BCUT2D eigenvalue weighted by atomic mass is 32.2. The molecule has 132 valence electrons. The van der Waals surface area contributed by atoms with Gasteiger partial charge in [-0.25, -0.2) is 8.42 Å². The first-order valence-electron chi connectivity index (χ1n) is 7.88. The number of anilines is 1. The summed E-state index contributed by atoms with van der Waals surface area (Å²) in [5.41, 5.74) is 2.36. The van der Waals surface area contributed by atoms with Crippen LogP contribution in [0.3, 0.4) is 0 Å². The second-order valence-electron chi connectivity index (χ2n) is 6.03. The molecular weight excluding hydrogens is 340 g/mol. The standard InChI is InChI=1S/C18H20N2O4S/c1-12(11-24-3)19-18(21)13-8-9-16-15(10-13)14-6-4-5-7-17(14)25(22,23)20(16)2/h4-10,12H,11H2,1-3H3,(H,19,21). The van der Waals surface area contributed by atoms with Crippen LogP contribution in [-0.4, -0.2) is 41.1 Å². The molecule has 0 fully saturated rings. The van der Waals surface area contributed by atoms with E-state index in [9.17, 15) is 13.2 Å². The molecule has 2 aromatic rings. The Balaban J connectivity index is 2.05. The number of ether oxygens (including phenoxy) is 1. The van der Waals surface area contributed by atoms with Gasteiger partial charge in [-0.3, -0.25) is 9.10 Å². The van der Waals surface area contributed by atoms with Gasteiger partial charge in [0.15, 0.2) is 0 Å². The largest absolute Gasteiger partial charge is 0.383 e. The predicted octanol–water partition coefficient (Wildman–Crippen LogP) is 2.26. The number of nitrogens with zero attached hydrogens (tertiary/aromatic N) is 1. The third-order valence-electron chi connectivity index (χ3n) is 4.21. The van der Waals surface area contributed by atoms with Crippen molar-refractivity contribution in [1.82, 2.24) is 5.32 Å². The van der Waals surface area contributed by atoms with Crippen molar-refractivity contribution < 1.29 is 17.9 Å². The highest BCUT2D eigenvalue weighted by Gasteiger charge is 2.32. The van der Waals surface area contributed by atoms with Gasteiger partial charge in [-0.1, -0.05) is 18.2 Å². The van der Waals surface area contributed by atoms with Gasteiger partial charge in [0.2, 0.25) is 0 Å². The number of carbonyl (C=O) groups is 1. The second kappa shape index (κ2) is 6.50. The number of carbonyl (C=O) groups excluding carboxylic acids is 1. The zero-order valence-corrected chi connectivity index (χ0v) is 15.1. The molecule has 1 aliphatic rings. The summed E-state index contributed by atoms with van der Waals surface area (Å²) in [6.07, 6.45) is 0. The van der Waals surface area contributed by atoms with Crippen LogP contribution in [0.4, 0.5) is 5.69 Å². The molecule has 1 unspecified atom stereocenters. The first-order chi connectivity index (χ1) is 11.9. The SMILES string of the molecule is COCC(C)NC(=O)c1ccc2c(c1)-c1ccccc1S(=O)(=O)N2C. The molecule has 1 amide bonds. The first-order valence-corrected chi connectivity index (χ1v) is 9.32. The van der Waals surface area contributed by atoms with Crippen LogP contribution < -0.4 is 9.62 Å². The molecular formula is C18H20N2O4S. The van der Waals surface area contributed by atoms with E-state index in [-0.39, 0.29) is 16.8 Å². The van der Waals surface area contributed by atoms with E-state index in [1.807, 2.05) is 6.92 Å². The molecule has 6 nitrogen and oxygen atoms in total. The minimum absolute atomic E-state index is 0.121. The normalized spacial score (nSPS) is 15.9. The topological polar surface area (TPSA) is 75.7 Å². The number of fused-ring (bicyclic) bond motifs is 3. The van der Waals surface area contributed by atoms with E-state index in [1.54, 1.807) is 49.6 Å². The van der Waals surface area contributed by atoms with Crippen molar-refractivity contribution in [3.8, 4) is 11.1 Å². The molecule has 2 aromatic carbocycles. The molecule has 25 heavy (non-hydrogen) atoms. The van der Waals surface area contributed by atoms with E-state index in [0.717, 1.165) is 5.56 Å².